The number of hydrogen-bond acceptors (Lipinski definition) is 3. The molecular weight excluding hydrogens is 138 g/mol. The van der Waals surface area contributed by atoms with E-state index in [0.29, 0.717) is 0 Å². The molecule has 56 valence electrons. The highest BCUT2D eigenvalue weighted by molar-refractivity contribution is 5.61. The fourth-order valence-corrected chi connectivity index (χ4v) is 1.04. The molecule has 2 heterocycles. The number of aromatic nitrogens is 1. The number of nitrogens with one attached hydrogen (secondary N) is 2. The van der Waals surface area contributed by atoms with Crippen molar-refractivity contribution in [1.82, 2.24) is 15.8 Å². The van der Waals surface area contributed by atoms with Crippen molar-refractivity contribution >= 4 is 5.70 Å². The van der Waals surface area contributed by atoms with Gasteiger partial charge in [-0.3, -0.25) is 4.98 Å². The Morgan fingerprint density at radius 3 is 3.00 bits per heavy atom. The second kappa shape index (κ2) is 2.72. The van der Waals surface area contributed by atoms with Crippen LogP contribution in [0.3, 0.4) is 0 Å². The zero-order chi connectivity index (χ0) is 7.52. The monoisotopic (exact) mass is 147 g/mol. The van der Waals surface area contributed by atoms with Crippen LogP contribution in [-0.2, 0) is 0 Å². The van der Waals surface area contributed by atoms with E-state index >= 15 is 0 Å². The van der Waals surface area contributed by atoms with Gasteiger partial charge in [-0.25, -0.2) is 5.43 Å². The van der Waals surface area contributed by atoms with Crippen LogP contribution in [0, 0.1) is 0 Å². The maximum Gasteiger partial charge on any atom is 0.0871 e. The highest BCUT2D eigenvalue weighted by Crippen LogP contribution is 2.07. The third-order valence-corrected chi connectivity index (χ3v) is 1.57. The number of hydrazine groups is 1. The van der Waals surface area contributed by atoms with Gasteiger partial charge in [-0.15, -0.1) is 0 Å². The lowest BCUT2D eigenvalue weighted by Crippen LogP contribution is -2.23. The summed E-state index contributed by atoms with van der Waals surface area (Å²) >= 11 is 0. The van der Waals surface area contributed by atoms with Gasteiger partial charge in [0.1, 0.15) is 0 Å². The van der Waals surface area contributed by atoms with Crippen LogP contribution in [0.2, 0.25) is 0 Å². The molecular formula is C8H9N3. The lowest BCUT2D eigenvalue weighted by Gasteiger charge is -2.01. The molecule has 0 atom stereocenters. The van der Waals surface area contributed by atoms with Gasteiger partial charge in [0, 0.05) is 12.7 Å². The van der Waals surface area contributed by atoms with Gasteiger partial charge in [0.15, 0.2) is 0 Å². The first-order chi connectivity index (χ1) is 5.47. The smallest absolute Gasteiger partial charge is 0.0871 e. The molecule has 0 radical (unpaired) electrons. The average Bonchev–Trinajstić information content (AvgIpc) is 2.58. The highest BCUT2D eigenvalue weighted by atomic mass is 15.4. The molecule has 1 aliphatic rings. The van der Waals surface area contributed by atoms with Crippen molar-refractivity contribution in [1.29, 1.82) is 0 Å². The molecule has 2 rings (SSSR count). The Bertz CT molecular complexity index is 266. The molecule has 11 heavy (non-hydrogen) atoms. The summed E-state index contributed by atoms with van der Waals surface area (Å²) in [6.07, 6.45) is 3.86. The van der Waals surface area contributed by atoms with Gasteiger partial charge < -0.3 is 5.43 Å². The molecule has 0 aliphatic carbocycles. The van der Waals surface area contributed by atoms with E-state index in [1.165, 1.54) is 0 Å². The first-order valence-corrected chi connectivity index (χ1v) is 3.57. The first kappa shape index (κ1) is 6.37. The summed E-state index contributed by atoms with van der Waals surface area (Å²) < 4.78 is 0. The summed E-state index contributed by atoms with van der Waals surface area (Å²) in [4.78, 5) is 4.19. The first-order valence-electron chi connectivity index (χ1n) is 3.57. The standard InChI is InChI=1S/C8H9N3/c1-2-5-9-7(3-1)8-4-6-10-11-8/h1-5,10-11H,6H2. The molecule has 0 amide bonds. The molecule has 3 heteroatoms. The summed E-state index contributed by atoms with van der Waals surface area (Å²) in [5.41, 5.74) is 8.05. The molecule has 1 aromatic heterocycles. The normalized spacial score (nSPS) is 15.8. The minimum atomic E-state index is 0.867. The van der Waals surface area contributed by atoms with Crippen LogP contribution in [0.15, 0.2) is 30.5 Å². The Morgan fingerprint density at radius 1 is 1.36 bits per heavy atom. The van der Waals surface area contributed by atoms with Crippen LogP contribution in [0.1, 0.15) is 5.69 Å². The van der Waals surface area contributed by atoms with Gasteiger partial charge in [-0.05, 0) is 18.2 Å². The largest absolute Gasteiger partial charge is 0.319 e. The number of hydrogen-bond donors (Lipinski definition) is 2. The van der Waals surface area contributed by atoms with Crippen LogP contribution in [0.25, 0.3) is 5.70 Å². The Kier molecular flexibility index (Phi) is 1.57. The average molecular weight is 147 g/mol. The second-order valence-electron chi connectivity index (χ2n) is 2.34. The van der Waals surface area contributed by atoms with E-state index in [4.69, 9.17) is 0 Å². The number of rotatable bonds is 1. The van der Waals surface area contributed by atoms with E-state index in [2.05, 4.69) is 21.9 Å². The number of nitrogens with zero attached hydrogens (tertiary/aromatic N) is 1. The van der Waals surface area contributed by atoms with Crippen LogP contribution < -0.4 is 10.9 Å². The summed E-state index contributed by atoms with van der Waals surface area (Å²) in [6, 6.07) is 5.86. The molecule has 0 aromatic carbocycles. The predicted molar refractivity (Wildman–Crippen MR) is 43.4 cm³/mol. The van der Waals surface area contributed by atoms with Gasteiger partial charge in [0.2, 0.25) is 0 Å². The Morgan fingerprint density at radius 2 is 2.36 bits per heavy atom. The molecule has 0 saturated heterocycles. The Hall–Kier alpha value is -1.35. The zero-order valence-corrected chi connectivity index (χ0v) is 6.04. The zero-order valence-electron chi connectivity index (χ0n) is 6.04. The third kappa shape index (κ3) is 1.23. The quantitative estimate of drug-likeness (QED) is 0.608. The molecule has 0 bridgehead atoms. The van der Waals surface area contributed by atoms with Crippen molar-refractivity contribution in [3.05, 3.63) is 36.2 Å². The maximum absolute atomic E-state index is 4.19. The Balaban J connectivity index is 2.29. The summed E-state index contributed by atoms with van der Waals surface area (Å²) in [6.45, 7) is 0.867. The van der Waals surface area contributed by atoms with E-state index in [1.807, 2.05) is 18.2 Å². The van der Waals surface area contributed by atoms with E-state index in [9.17, 15) is 0 Å². The van der Waals surface area contributed by atoms with Crippen LogP contribution in [0.5, 0.6) is 0 Å². The SMILES string of the molecule is C1=C(c2ccccn2)NNC1. The van der Waals surface area contributed by atoms with E-state index in [1.54, 1.807) is 6.20 Å². The minimum absolute atomic E-state index is 0.867. The van der Waals surface area contributed by atoms with Crippen molar-refractivity contribution in [2.45, 2.75) is 0 Å². The van der Waals surface area contributed by atoms with Gasteiger partial charge in [-0.2, -0.15) is 0 Å². The molecule has 1 aliphatic heterocycles. The lowest BCUT2D eigenvalue weighted by molar-refractivity contribution is 0.736. The molecule has 0 fully saturated rings. The van der Waals surface area contributed by atoms with Crippen molar-refractivity contribution in [3.63, 3.8) is 0 Å². The molecule has 0 spiro atoms. The summed E-state index contributed by atoms with van der Waals surface area (Å²) in [5.74, 6) is 0. The molecule has 1 aromatic rings. The maximum atomic E-state index is 4.19. The third-order valence-electron chi connectivity index (χ3n) is 1.57. The van der Waals surface area contributed by atoms with Gasteiger partial charge >= 0.3 is 0 Å². The molecule has 0 saturated carbocycles. The molecule has 2 N–H and O–H groups in total. The topological polar surface area (TPSA) is 37.0 Å². The van der Waals surface area contributed by atoms with Crippen molar-refractivity contribution < 1.29 is 0 Å². The molecule has 0 unspecified atom stereocenters. The highest BCUT2D eigenvalue weighted by Gasteiger charge is 2.04. The van der Waals surface area contributed by atoms with Crippen molar-refractivity contribution in [2.75, 3.05) is 6.54 Å². The van der Waals surface area contributed by atoms with Crippen molar-refractivity contribution in [3.8, 4) is 0 Å². The van der Waals surface area contributed by atoms with Crippen molar-refractivity contribution in [2.24, 2.45) is 0 Å². The number of pyridine rings is 1. The lowest BCUT2D eigenvalue weighted by atomic mass is 10.3. The second-order valence-corrected chi connectivity index (χ2v) is 2.34. The van der Waals surface area contributed by atoms with Crippen LogP contribution in [-0.4, -0.2) is 11.5 Å². The fourth-order valence-electron chi connectivity index (χ4n) is 1.04. The summed E-state index contributed by atoms with van der Waals surface area (Å²) in [5, 5.41) is 0. The van der Waals surface area contributed by atoms with E-state index < -0.39 is 0 Å². The summed E-state index contributed by atoms with van der Waals surface area (Å²) in [7, 11) is 0. The van der Waals surface area contributed by atoms with E-state index in [0.717, 1.165) is 17.9 Å². The molecule has 3 nitrogen and oxygen atoms in total. The van der Waals surface area contributed by atoms with E-state index in [-0.39, 0.29) is 0 Å². The fraction of sp³-hybridized carbons (Fsp3) is 0.125. The predicted octanol–water partition coefficient (Wildman–Crippen LogP) is 0.530. The van der Waals surface area contributed by atoms with Crippen LogP contribution >= 0.6 is 0 Å². The minimum Gasteiger partial charge on any atom is -0.319 e. The Labute approximate surface area is 65.1 Å². The van der Waals surface area contributed by atoms with Gasteiger partial charge in [0.25, 0.3) is 0 Å². The van der Waals surface area contributed by atoms with Gasteiger partial charge in [-0.1, -0.05) is 6.07 Å². The van der Waals surface area contributed by atoms with Crippen LogP contribution in [0.4, 0.5) is 0 Å². The van der Waals surface area contributed by atoms with Gasteiger partial charge in [0.05, 0.1) is 11.4 Å².